The van der Waals surface area contributed by atoms with Gasteiger partial charge in [0.2, 0.25) is 0 Å². The molecule has 26 heavy (non-hydrogen) atoms. The van der Waals surface area contributed by atoms with Crippen molar-refractivity contribution < 1.29 is 0 Å². The zero-order valence-electron chi connectivity index (χ0n) is 18.2. The summed E-state index contributed by atoms with van der Waals surface area (Å²) in [5.74, 6) is 1.48. The summed E-state index contributed by atoms with van der Waals surface area (Å²) >= 11 is 0. The molecular weight excluding hydrogens is 331 g/mol. The third-order valence-electron chi connectivity index (χ3n) is 5.20. The fraction of sp³-hybridized carbons (Fsp3) is 0.520. The first kappa shape index (κ1) is 21.2. The van der Waals surface area contributed by atoms with Crippen molar-refractivity contribution in [1.29, 1.82) is 0 Å². The minimum absolute atomic E-state index is 0.115. The molecule has 0 saturated heterocycles. The summed E-state index contributed by atoms with van der Waals surface area (Å²) in [6.07, 6.45) is 0. The van der Waals surface area contributed by atoms with Crippen molar-refractivity contribution in [1.82, 2.24) is 0 Å². The van der Waals surface area contributed by atoms with Gasteiger partial charge < -0.3 is 0 Å². The topological polar surface area (TPSA) is 0 Å². The van der Waals surface area contributed by atoms with Gasteiger partial charge in [0.25, 0.3) is 0 Å². The standard InChI is InChI=1S/C25H37P/c1-15(2)19-22(18-13-11-10-12-14-18)20(16(3)4)24(26)21(17(5)6)23(19)25(7,8)9/h10-17H,26H2,1-9H3. The van der Waals surface area contributed by atoms with Gasteiger partial charge in [-0.1, -0.05) is 92.6 Å². The summed E-state index contributed by atoms with van der Waals surface area (Å²) in [6.45, 7) is 21.2. The van der Waals surface area contributed by atoms with Gasteiger partial charge in [0.15, 0.2) is 0 Å². The van der Waals surface area contributed by atoms with Crippen LogP contribution in [0.3, 0.4) is 0 Å². The molecule has 0 radical (unpaired) electrons. The zero-order valence-corrected chi connectivity index (χ0v) is 19.4. The monoisotopic (exact) mass is 368 g/mol. The van der Waals surface area contributed by atoms with Crippen molar-refractivity contribution in [2.75, 3.05) is 0 Å². The lowest BCUT2D eigenvalue weighted by Gasteiger charge is -2.36. The molecule has 0 aliphatic heterocycles. The van der Waals surface area contributed by atoms with Crippen molar-refractivity contribution in [2.45, 2.75) is 85.5 Å². The van der Waals surface area contributed by atoms with Crippen molar-refractivity contribution >= 4 is 14.5 Å². The highest BCUT2D eigenvalue weighted by molar-refractivity contribution is 7.27. The molecule has 0 saturated carbocycles. The first-order valence-electron chi connectivity index (χ1n) is 10.0. The maximum Gasteiger partial charge on any atom is -0.0105 e. The molecule has 142 valence electrons. The lowest BCUT2D eigenvalue weighted by atomic mass is 9.70. The van der Waals surface area contributed by atoms with Gasteiger partial charge >= 0.3 is 0 Å². The molecule has 2 aromatic rings. The lowest BCUT2D eigenvalue weighted by molar-refractivity contribution is 0.564. The lowest BCUT2D eigenvalue weighted by Crippen LogP contribution is -2.27. The molecule has 2 aromatic carbocycles. The highest BCUT2D eigenvalue weighted by Crippen LogP contribution is 2.45. The summed E-state index contributed by atoms with van der Waals surface area (Å²) in [4.78, 5) is 0. The Bertz CT molecular complexity index is 759. The minimum Gasteiger partial charge on any atom is -0.105 e. The predicted octanol–water partition coefficient (Wildman–Crippen LogP) is 7.52. The molecular formula is C25H37P. The van der Waals surface area contributed by atoms with Crippen molar-refractivity contribution in [2.24, 2.45) is 0 Å². The van der Waals surface area contributed by atoms with Gasteiger partial charge in [-0.3, -0.25) is 0 Å². The Balaban J connectivity index is 3.15. The van der Waals surface area contributed by atoms with Crippen LogP contribution in [0.1, 0.15) is 102 Å². The number of benzene rings is 2. The van der Waals surface area contributed by atoms with E-state index in [4.69, 9.17) is 0 Å². The largest absolute Gasteiger partial charge is 0.105 e. The second-order valence-electron chi connectivity index (χ2n) is 9.48. The molecule has 1 atom stereocenters. The van der Waals surface area contributed by atoms with Gasteiger partial charge in [-0.05, 0) is 61.9 Å². The number of hydrogen-bond acceptors (Lipinski definition) is 0. The van der Waals surface area contributed by atoms with Gasteiger partial charge in [-0.25, -0.2) is 0 Å². The van der Waals surface area contributed by atoms with Gasteiger partial charge in [0.05, 0.1) is 0 Å². The maximum atomic E-state index is 3.11. The molecule has 1 unspecified atom stereocenters. The van der Waals surface area contributed by atoms with Crippen LogP contribution in [0.4, 0.5) is 0 Å². The first-order valence-corrected chi connectivity index (χ1v) is 10.6. The molecule has 0 N–H and O–H groups in total. The molecule has 0 aromatic heterocycles. The molecule has 0 nitrogen and oxygen atoms in total. The Morgan fingerprint density at radius 3 is 1.54 bits per heavy atom. The van der Waals surface area contributed by atoms with Gasteiger partial charge in [-0.15, -0.1) is 9.24 Å². The van der Waals surface area contributed by atoms with E-state index in [2.05, 4.69) is 102 Å². The molecule has 1 heteroatoms. The molecule has 0 aliphatic rings. The van der Waals surface area contributed by atoms with Crippen molar-refractivity contribution in [3.63, 3.8) is 0 Å². The van der Waals surface area contributed by atoms with Gasteiger partial charge in [-0.2, -0.15) is 0 Å². The Morgan fingerprint density at radius 1 is 0.692 bits per heavy atom. The van der Waals surface area contributed by atoms with E-state index in [1.165, 1.54) is 27.6 Å². The van der Waals surface area contributed by atoms with E-state index in [0.717, 1.165) is 0 Å². The third-order valence-corrected chi connectivity index (χ3v) is 5.82. The Morgan fingerprint density at radius 2 is 1.15 bits per heavy atom. The molecule has 0 fully saturated rings. The SMILES string of the molecule is CC(C)c1c(P)c(C(C)C)c(C(C)(C)C)c(C(C)C)c1-c1ccccc1. The molecule has 0 aliphatic carbocycles. The Hall–Kier alpha value is -1.13. The maximum absolute atomic E-state index is 3.11. The van der Waals surface area contributed by atoms with Crippen LogP contribution in [0.2, 0.25) is 0 Å². The third kappa shape index (κ3) is 3.91. The second kappa shape index (κ2) is 7.85. The highest BCUT2D eigenvalue weighted by Gasteiger charge is 2.31. The van der Waals surface area contributed by atoms with E-state index in [-0.39, 0.29) is 5.41 Å². The smallest absolute Gasteiger partial charge is 0.0105 e. The average molecular weight is 369 g/mol. The molecule has 2 rings (SSSR count). The molecule has 0 amide bonds. The van der Waals surface area contributed by atoms with Crippen LogP contribution in [-0.4, -0.2) is 0 Å². The fourth-order valence-electron chi connectivity index (χ4n) is 4.33. The quantitative estimate of drug-likeness (QED) is 0.489. The van der Waals surface area contributed by atoms with Gasteiger partial charge in [0, 0.05) is 0 Å². The van der Waals surface area contributed by atoms with E-state index in [1.807, 2.05) is 0 Å². The van der Waals surface area contributed by atoms with Gasteiger partial charge in [0.1, 0.15) is 0 Å². The van der Waals surface area contributed by atoms with E-state index >= 15 is 0 Å². The predicted molar refractivity (Wildman–Crippen MR) is 122 cm³/mol. The number of rotatable bonds is 4. The molecule has 0 bridgehead atoms. The second-order valence-corrected chi connectivity index (χ2v) is 10.1. The van der Waals surface area contributed by atoms with Crippen molar-refractivity contribution in [3.05, 3.63) is 52.6 Å². The van der Waals surface area contributed by atoms with Crippen LogP contribution in [0.5, 0.6) is 0 Å². The average Bonchev–Trinajstić information content (AvgIpc) is 2.52. The Labute approximate surface area is 164 Å². The summed E-state index contributed by atoms with van der Waals surface area (Å²) in [5, 5.41) is 1.42. The minimum atomic E-state index is 0.115. The summed E-state index contributed by atoms with van der Waals surface area (Å²) in [6, 6.07) is 11.0. The summed E-state index contributed by atoms with van der Waals surface area (Å²) in [7, 11) is 3.11. The van der Waals surface area contributed by atoms with Crippen LogP contribution < -0.4 is 5.30 Å². The molecule has 0 spiro atoms. The Kier molecular flexibility index (Phi) is 6.40. The summed E-state index contributed by atoms with van der Waals surface area (Å²) < 4.78 is 0. The van der Waals surface area contributed by atoms with Crippen LogP contribution in [0.25, 0.3) is 11.1 Å². The fourth-order valence-corrected chi connectivity index (χ4v) is 5.29. The highest BCUT2D eigenvalue weighted by atomic mass is 31.0. The zero-order chi connectivity index (χ0) is 19.8. The van der Waals surface area contributed by atoms with Crippen LogP contribution >= 0.6 is 9.24 Å². The normalized spacial score (nSPS) is 12.5. The molecule has 0 heterocycles. The number of hydrogen-bond donors (Lipinski definition) is 0. The van der Waals surface area contributed by atoms with Crippen LogP contribution in [0.15, 0.2) is 30.3 Å². The van der Waals surface area contributed by atoms with E-state index in [0.29, 0.717) is 17.8 Å². The van der Waals surface area contributed by atoms with E-state index in [9.17, 15) is 0 Å². The van der Waals surface area contributed by atoms with E-state index < -0.39 is 0 Å². The van der Waals surface area contributed by atoms with E-state index in [1.54, 1.807) is 11.1 Å². The van der Waals surface area contributed by atoms with Crippen LogP contribution in [0, 0.1) is 0 Å². The summed E-state index contributed by atoms with van der Waals surface area (Å²) in [5.41, 5.74) is 9.07. The van der Waals surface area contributed by atoms with Crippen molar-refractivity contribution in [3.8, 4) is 11.1 Å². The first-order chi connectivity index (χ1) is 12.0. The van der Waals surface area contributed by atoms with Crippen LogP contribution in [-0.2, 0) is 5.41 Å².